The highest BCUT2D eigenvalue weighted by molar-refractivity contribution is 7.09. The van der Waals surface area contributed by atoms with E-state index in [1.165, 1.54) is 4.88 Å². The predicted molar refractivity (Wildman–Crippen MR) is 71.9 cm³/mol. The number of hydrogen-bond acceptors (Lipinski definition) is 4. The van der Waals surface area contributed by atoms with Gasteiger partial charge in [-0.05, 0) is 30.9 Å². The van der Waals surface area contributed by atoms with Crippen LogP contribution in [0.5, 0.6) is 5.88 Å². The van der Waals surface area contributed by atoms with Gasteiger partial charge in [0.25, 0.3) is 0 Å². The van der Waals surface area contributed by atoms with Gasteiger partial charge < -0.3 is 10.1 Å². The molecule has 3 nitrogen and oxygen atoms in total. The van der Waals surface area contributed by atoms with E-state index in [-0.39, 0.29) is 0 Å². The second-order valence-corrected chi connectivity index (χ2v) is 4.58. The Bertz CT molecular complexity index is 442. The number of thiophene rings is 1. The first-order chi connectivity index (χ1) is 8.38. The summed E-state index contributed by atoms with van der Waals surface area (Å²) in [4.78, 5) is 5.74. The molecule has 0 atom stereocenters. The van der Waals surface area contributed by atoms with Crippen LogP contribution in [0.4, 0.5) is 5.82 Å². The summed E-state index contributed by atoms with van der Waals surface area (Å²) in [6.07, 6.45) is 1.03. The minimum atomic E-state index is 0.644. The fourth-order valence-corrected chi connectivity index (χ4v) is 2.22. The zero-order valence-corrected chi connectivity index (χ0v) is 10.7. The maximum Gasteiger partial charge on any atom is 0.215 e. The van der Waals surface area contributed by atoms with Gasteiger partial charge in [0.1, 0.15) is 5.82 Å². The van der Waals surface area contributed by atoms with Crippen LogP contribution in [0.1, 0.15) is 11.8 Å². The second-order valence-electron chi connectivity index (χ2n) is 3.55. The van der Waals surface area contributed by atoms with E-state index >= 15 is 0 Å². The Morgan fingerprint density at radius 1 is 1.29 bits per heavy atom. The summed E-state index contributed by atoms with van der Waals surface area (Å²) < 4.78 is 5.35. The van der Waals surface area contributed by atoms with Crippen molar-refractivity contribution in [3.8, 4) is 5.88 Å². The van der Waals surface area contributed by atoms with E-state index in [2.05, 4.69) is 27.8 Å². The molecule has 1 N–H and O–H groups in total. The lowest BCUT2D eigenvalue weighted by molar-refractivity contribution is 0.327. The molecule has 0 unspecified atom stereocenters. The first-order valence-electron chi connectivity index (χ1n) is 5.74. The van der Waals surface area contributed by atoms with Crippen LogP contribution in [0.3, 0.4) is 0 Å². The van der Waals surface area contributed by atoms with Gasteiger partial charge in [-0.15, -0.1) is 11.3 Å². The van der Waals surface area contributed by atoms with Crippen molar-refractivity contribution in [3.05, 3.63) is 40.6 Å². The molecule has 0 aliphatic heterocycles. The van der Waals surface area contributed by atoms with Gasteiger partial charge in [-0.3, -0.25) is 0 Å². The van der Waals surface area contributed by atoms with E-state index in [4.69, 9.17) is 4.74 Å². The zero-order valence-electron chi connectivity index (χ0n) is 9.85. The highest BCUT2D eigenvalue weighted by Gasteiger charge is 1.98. The largest absolute Gasteiger partial charge is 0.478 e. The first kappa shape index (κ1) is 11.9. The normalized spacial score (nSPS) is 10.2. The summed E-state index contributed by atoms with van der Waals surface area (Å²) in [7, 11) is 0. The molecule has 0 aromatic carbocycles. The molecule has 0 saturated carbocycles. The summed E-state index contributed by atoms with van der Waals surface area (Å²) >= 11 is 1.78. The van der Waals surface area contributed by atoms with E-state index < -0.39 is 0 Å². The number of anilines is 1. The van der Waals surface area contributed by atoms with E-state index in [1.54, 1.807) is 11.3 Å². The molecular formula is C13H16N2OS. The molecule has 0 aliphatic rings. The third kappa shape index (κ3) is 3.75. The Morgan fingerprint density at radius 2 is 2.24 bits per heavy atom. The van der Waals surface area contributed by atoms with Crippen molar-refractivity contribution in [2.45, 2.75) is 13.3 Å². The number of nitrogens with one attached hydrogen (secondary N) is 1. The van der Waals surface area contributed by atoms with Gasteiger partial charge in [0.05, 0.1) is 6.61 Å². The molecule has 0 radical (unpaired) electrons. The maximum atomic E-state index is 5.35. The molecular weight excluding hydrogens is 232 g/mol. The van der Waals surface area contributed by atoms with Crippen LogP contribution in [0.2, 0.25) is 0 Å². The highest BCUT2D eigenvalue weighted by atomic mass is 32.1. The molecule has 0 saturated heterocycles. The van der Waals surface area contributed by atoms with E-state index in [1.807, 2.05) is 25.1 Å². The van der Waals surface area contributed by atoms with Gasteiger partial charge in [-0.25, -0.2) is 0 Å². The van der Waals surface area contributed by atoms with Crippen molar-refractivity contribution >= 4 is 17.2 Å². The Labute approximate surface area is 105 Å². The molecule has 2 rings (SSSR count). The summed E-state index contributed by atoms with van der Waals surface area (Å²) in [5, 5.41) is 5.40. The van der Waals surface area contributed by atoms with Gasteiger partial charge in [0, 0.05) is 17.5 Å². The first-order valence-corrected chi connectivity index (χ1v) is 6.62. The van der Waals surface area contributed by atoms with Crippen LogP contribution in [-0.4, -0.2) is 18.1 Å². The van der Waals surface area contributed by atoms with Crippen LogP contribution in [-0.2, 0) is 6.42 Å². The Hall–Kier alpha value is -1.55. The minimum absolute atomic E-state index is 0.644. The average molecular weight is 248 g/mol. The molecule has 0 amide bonds. The molecule has 90 valence electrons. The van der Waals surface area contributed by atoms with Crippen LogP contribution in [0.25, 0.3) is 0 Å². The SMILES string of the molecule is CCOc1cccc(NCCc2cccs2)n1. The van der Waals surface area contributed by atoms with Gasteiger partial charge in [0.15, 0.2) is 0 Å². The third-order valence-electron chi connectivity index (χ3n) is 2.27. The van der Waals surface area contributed by atoms with Gasteiger partial charge in [-0.2, -0.15) is 4.98 Å². The number of aromatic nitrogens is 1. The summed E-state index contributed by atoms with van der Waals surface area (Å²) in [5.41, 5.74) is 0. The monoisotopic (exact) mass is 248 g/mol. The third-order valence-corrected chi connectivity index (χ3v) is 3.21. The van der Waals surface area contributed by atoms with E-state index in [9.17, 15) is 0 Å². The quantitative estimate of drug-likeness (QED) is 0.852. The van der Waals surface area contributed by atoms with Crippen LogP contribution in [0.15, 0.2) is 35.7 Å². The van der Waals surface area contributed by atoms with Crippen molar-refractivity contribution in [1.82, 2.24) is 4.98 Å². The average Bonchev–Trinajstić information content (AvgIpc) is 2.83. The number of ether oxygens (including phenoxy) is 1. The molecule has 0 fully saturated rings. The van der Waals surface area contributed by atoms with Crippen molar-refractivity contribution < 1.29 is 4.74 Å². The Kier molecular flexibility index (Phi) is 4.38. The van der Waals surface area contributed by atoms with Crippen LogP contribution < -0.4 is 10.1 Å². The standard InChI is InChI=1S/C13H16N2OS/c1-2-16-13-7-3-6-12(15-13)14-9-8-11-5-4-10-17-11/h3-7,10H,2,8-9H2,1H3,(H,14,15). The van der Waals surface area contributed by atoms with Crippen LogP contribution in [0, 0.1) is 0 Å². The van der Waals surface area contributed by atoms with Gasteiger partial charge in [-0.1, -0.05) is 12.1 Å². The lowest BCUT2D eigenvalue weighted by Gasteiger charge is -2.06. The molecule has 4 heteroatoms. The molecule has 2 heterocycles. The highest BCUT2D eigenvalue weighted by Crippen LogP contribution is 2.12. The van der Waals surface area contributed by atoms with Crippen molar-refractivity contribution in [2.24, 2.45) is 0 Å². The molecule has 2 aromatic rings. The molecule has 2 aromatic heterocycles. The smallest absolute Gasteiger partial charge is 0.215 e. The Balaban J connectivity index is 1.84. The summed E-state index contributed by atoms with van der Waals surface area (Å²) in [6.45, 7) is 3.49. The summed E-state index contributed by atoms with van der Waals surface area (Å²) in [6, 6.07) is 10.0. The molecule has 0 spiro atoms. The molecule has 0 aliphatic carbocycles. The Morgan fingerprint density at radius 3 is 3.00 bits per heavy atom. The second kappa shape index (κ2) is 6.25. The van der Waals surface area contributed by atoms with Crippen molar-refractivity contribution in [1.29, 1.82) is 0 Å². The predicted octanol–water partition coefficient (Wildman–Crippen LogP) is 3.20. The molecule has 17 heavy (non-hydrogen) atoms. The number of nitrogens with zero attached hydrogens (tertiary/aromatic N) is 1. The van der Waals surface area contributed by atoms with E-state index in [0.29, 0.717) is 12.5 Å². The van der Waals surface area contributed by atoms with Crippen molar-refractivity contribution in [3.63, 3.8) is 0 Å². The number of rotatable bonds is 6. The fourth-order valence-electron chi connectivity index (χ4n) is 1.51. The maximum absolute atomic E-state index is 5.35. The van der Waals surface area contributed by atoms with Crippen molar-refractivity contribution in [2.75, 3.05) is 18.5 Å². The topological polar surface area (TPSA) is 34.1 Å². The molecule has 0 bridgehead atoms. The lowest BCUT2D eigenvalue weighted by Crippen LogP contribution is -2.06. The zero-order chi connectivity index (χ0) is 11.9. The lowest BCUT2D eigenvalue weighted by atomic mass is 10.3. The minimum Gasteiger partial charge on any atom is -0.478 e. The fraction of sp³-hybridized carbons (Fsp3) is 0.308. The van der Waals surface area contributed by atoms with Gasteiger partial charge >= 0.3 is 0 Å². The summed E-state index contributed by atoms with van der Waals surface area (Å²) in [5.74, 6) is 1.54. The number of hydrogen-bond donors (Lipinski definition) is 1. The number of pyridine rings is 1. The van der Waals surface area contributed by atoms with Crippen LogP contribution >= 0.6 is 11.3 Å². The van der Waals surface area contributed by atoms with Gasteiger partial charge in [0.2, 0.25) is 5.88 Å². The van der Waals surface area contributed by atoms with E-state index in [0.717, 1.165) is 18.8 Å².